The molecule has 1 heterocycles. The highest BCUT2D eigenvalue weighted by Gasteiger charge is 2.36. The van der Waals surface area contributed by atoms with Gasteiger partial charge in [0.25, 0.3) is 10.2 Å². The van der Waals surface area contributed by atoms with Gasteiger partial charge in [0, 0.05) is 26.2 Å². The molecule has 1 rings (SSSR count). The van der Waals surface area contributed by atoms with Crippen molar-refractivity contribution >= 4 is 16.2 Å². The van der Waals surface area contributed by atoms with Gasteiger partial charge in [-0.2, -0.15) is 17.0 Å². The maximum atomic E-state index is 12.5. The molecule has 0 bridgehead atoms. The largest absolute Gasteiger partial charge is 0.481 e. The van der Waals surface area contributed by atoms with Crippen molar-refractivity contribution < 1.29 is 23.4 Å². The summed E-state index contributed by atoms with van der Waals surface area (Å²) in [6.07, 6.45) is 1.04. The van der Waals surface area contributed by atoms with Crippen molar-refractivity contribution in [3.63, 3.8) is 0 Å². The monoisotopic (exact) mass is 308 g/mol. The van der Waals surface area contributed by atoms with Gasteiger partial charge in [0.2, 0.25) is 0 Å². The van der Waals surface area contributed by atoms with Gasteiger partial charge >= 0.3 is 5.97 Å². The Hall–Kier alpha value is -0.700. The van der Waals surface area contributed by atoms with Crippen LogP contribution in [0.15, 0.2) is 0 Å². The van der Waals surface area contributed by atoms with Crippen LogP contribution in [0, 0.1) is 5.92 Å². The fraction of sp³-hybridized carbons (Fsp3) is 0.917. The summed E-state index contributed by atoms with van der Waals surface area (Å²) in [4.78, 5) is 11.0. The highest BCUT2D eigenvalue weighted by atomic mass is 32.2. The summed E-state index contributed by atoms with van der Waals surface area (Å²) < 4.78 is 27.4. The van der Waals surface area contributed by atoms with E-state index in [2.05, 4.69) is 0 Å². The first-order valence-corrected chi connectivity index (χ1v) is 8.18. The average molecular weight is 308 g/mol. The number of hydrogen-bond acceptors (Lipinski definition) is 4. The summed E-state index contributed by atoms with van der Waals surface area (Å²) in [5.41, 5.74) is -1.13. The molecule has 1 unspecified atom stereocenters. The average Bonchev–Trinajstić information content (AvgIpc) is 2.34. The second kappa shape index (κ2) is 6.38. The molecular weight excluding hydrogens is 284 g/mol. The van der Waals surface area contributed by atoms with Crippen molar-refractivity contribution in [2.75, 3.05) is 26.2 Å². The molecule has 1 saturated heterocycles. The zero-order valence-corrected chi connectivity index (χ0v) is 13.1. The number of likely N-dealkylation sites (N-methyl/N-ethyl adjacent to an activating group) is 1. The quantitative estimate of drug-likeness (QED) is 0.726. The van der Waals surface area contributed by atoms with E-state index >= 15 is 0 Å². The Morgan fingerprint density at radius 1 is 1.45 bits per heavy atom. The lowest BCUT2D eigenvalue weighted by Gasteiger charge is -2.35. The van der Waals surface area contributed by atoms with Crippen LogP contribution in [0.1, 0.15) is 33.6 Å². The normalized spacial score (nSPS) is 22.1. The number of piperidine rings is 1. The Kier molecular flexibility index (Phi) is 5.54. The van der Waals surface area contributed by atoms with Gasteiger partial charge in [0.05, 0.1) is 11.5 Å². The van der Waals surface area contributed by atoms with Crippen LogP contribution in [-0.2, 0) is 15.0 Å². The first-order chi connectivity index (χ1) is 9.08. The van der Waals surface area contributed by atoms with Gasteiger partial charge in [-0.05, 0) is 26.7 Å². The maximum Gasteiger partial charge on any atom is 0.307 e. The first-order valence-electron chi connectivity index (χ1n) is 6.78. The molecule has 0 aliphatic carbocycles. The molecule has 0 saturated carbocycles. The van der Waals surface area contributed by atoms with Crippen LogP contribution in [-0.4, -0.2) is 65.0 Å². The zero-order valence-electron chi connectivity index (χ0n) is 12.2. The lowest BCUT2D eigenvalue weighted by Crippen LogP contribution is -2.52. The molecule has 1 aliphatic heterocycles. The third-order valence-electron chi connectivity index (χ3n) is 3.30. The van der Waals surface area contributed by atoms with E-state index in [9.17, 15) is 18.3 Å². The van der Waals surface area contributed by atoms with Gasteiger partial charge in [0.15, 0.2) is 0 Å². The van der Waals surface area contributed by atoms with Gasteiger partial charge in [-0.25, -0.2) is 0 Å². The Morgan fingerprint density at radius 2 is 2.05 bits per heavy atom. The van der Waals surface area contributed by atoms with Gasteiger partial charge in [-0.3, -0.25) is 4.79 Å². The number of rotatable bonds is 6. The van der Waals surface area contributed by atoms with Crippen molar-refractivity contribution in [2.45, 2.75) is 39.2 Å². The van der Waals surface area contributed by atoms with Crippen LogP contribution < -0.4 is 0 Å². The SMILES string of the molecule is CCN(CC(C)(C)O)S(=O)(=O)N1CCCC(C(=O)O)C1. The molecule has 1 atom stereocenters. The van der Waals surface area contributed by atoms with E-state index in [1.165, 1.54) is 8.61 Å². The van der Waals surface area contributed by atoms with E-state index in [-0.39, 0.29) is 19.6 Å². The van der Waals surface area contributed by atoms with Crippen molar-refractivity contribution in [1.29, 1.82) is 0 Å². The Balaban J connectivity index is 2.88. The van der Waals surface area contributed by atoms with Crippen molar-refractivity contribution in [2.24, 2.45) is 5.92 Å². The number of hydrogen-bond donors (Lipinski definition) is 2. The molecule has 1 aliphatic rings. The van der Waals surface area contributed by atoms with Gasteiger partial charge in [0.1, 0.15) is 0 Å². The number of aliphatic hydroxyl groups is 1. The van der Waals surface area contributed by atoms with Crippen molar-refractivity contribution in [3.8, 4) is 0 Å². The minimum absolute atomic E-state index is 0.0000236. The number of carboxylic acids is 1. The van der Waals surface area contributed by atoms with Gasteiger partial charge in [-0.1, -0.05) is 6.92 Å². The third-order valence-corrected chi connectivity index (χ3v) is 5.33. The molecule has 0 aromatic rings. The third kappa shape index (κ3) is 4.41. The standard InChI is InChI=1S/C12H24N2O5S/c1-4-13(9-12(2,3)17)20(18,19)14-7-5-6-10(8-14)11(15)16/h10,17H,4-9H2,1-3H3,(H,15,16). The molecule has 8 heteroatoms. The smallest absolute Gasteiger partial charge is 0.307 e. The Labute approximate surface area is 120 Å². The predicted molar refractivity (Wildman–Crippen MR) is 74.4 cm³/mol. The Bertz CT molecular complexity index is 443. The van der Waals surface area contributed by atoms with Crippen LogP contribution in [0.25, 0.3) is 0 Å². The lowest BCUT2D eigenvalue weighted by molar-refractivity contribution is -0.142. The summed E-state index contributed by atoms with van der Waals surface area (Å²) in [5, 5.41) is 18.8. The van der Waals surface area contributed by atoms with E-state index in [1.807, 2.05) is 0 Å². The van der Waals surface area contributed by atoms with E-state index in [1.54, 1.807) is 20.8 Å². The topological polar surface area (TPSA) is 98.2 Å². The number of aliphatic carboxylic acids is 1. The van der Waals surface area contributed by atoms with Crippen LogP contribution >= 0.6 is 0 Å². The van der Waals surface area contributed by atoms with Crippen molar-refractivity contribution in [1.82, 2.24) is 8.61 Å². The summed E-state index contributed by atoms with van der Waals surface area (Å²) in [6, 6.07) is 0. The molecule has 20 heavy (non-hydrogen) atoms. The van der Waals surface area contributed by atoms with E-state index in [4.69, 9.17) is 5.11 Å². The second-order valence-electron chi connectivity index (χ2n) is 5.78. The van der Waals surface area contributed by atoms with E-state index in [0.29, 0.717) is 19.4 Å². The molecular formula is C12H24N2O5S. The highest BCUT2D eigenvalue weighted by Crippen LogP contribution is 2.22. The van der Waals surface area contributed by atoms with Crippen LogP contribution in [0.5, 0.6) is 0 Å². The van der Waals surface area contributed by atoms with E-state index < -0.39 is 27.7 Å². The molecule has 0 aromatic carbocycles. The van der Waals surface area contributed by atoms with Crippen LogP contribution in [0.4, 0.5) is 0 Å². The number of carbonyl (C=O) groups is 1. The number of carboxylic acid groups (broad SMARTS) is 1. The minimum Gasteiger partial charge on any atom is -0.481 e. The first kappa shape index (κ1) is 17.4. The summed E-state index contributed by atoms with van der Waals surface area (Å²) in [6.45, 7) is 5.33. The molecule has 0 aromatic heterocycles. The minimum atomic E-state index is -3.73. The van der Waals surface area contributed by atoms with Gasteiger partial charge in [-0.15, -0.1) is 0 Å². The Morgan fingerprint density at radius 3 is 2.50 bits per heavy atom. The fourth-order valence-corrected chi connectivity index (χ4v) is 4.17. The maximum absolute atomic E-state index is 12.5. The van der Waals surface area contributed by atoms with Crippen molar-refractivity contribution in [3.05, 3.63) is 0 Å². The summed E-state index contributed by atoms with van der Waals surface area (Å²) >= 11 is 0. The predicted octanol–water partition coefficient (Wildman–Crippen LogP) is 0.121. The van der Waals surface area contributed by atoms with Crippen LogP contribution in [0.3, 0.4) is 0 Å². The highest BCUT2D eigenvalue weighted by molar-refractivity contribution is 7.86. The summed E-state index contributed by atoms with van der Waals surface area (Å²) in [5.74, 6) is -1.62. The summed E-state index contributed by atoms with van der Waals surface area (Å²) in [7, 11) is -3.73. The molecule has 0 radical (unpaired) electrons. The van der Waals surface area contributed by atoms with E-state index in [0.717, 1.165) is 0 Å². The molecule has 1 fully saturated rings. The molecule has 2 N–H and O–H groups in total. The number of nitrogens with zero attached hydrogens (tertiary/aromatic N) is 2. The lowest BCUT2D eigenvalue weighted by atomic mass is 10.0. The van der Waals surface area contributed by atoms with Gasteiger partial charge < -0.3 is 10.2 Å². The molecule has 118 valence electrons. The van der Waals surface area contributed by atoms with Crippen LogP contribution in [0.2, 0.25) is 0 Å². The second-order valence-corrected chi connectivity index (χ2v) is 7.71. The fourth-order valence-electron chi connectivity index (χ4n) is 2.30. The molecule has 7 nitrogen and oxygen atoms in total. The zero-order chi connectivity index (χ0) is 15.6. The molecule has 0 amide bonds. The molecule has 0 spiro atoms.